The molecule has 1 unspecified atom stereocenters. The van der Waals surface area contributed by atoms with Crippen molar-refractivity contribution in [3.05, 3.63) is 23.7 Å². The predicted molar refractivity (Wildman–Crippen MR) is 43.4 cm³/mol. The smallest absolute Gasteiger partial charge is 0.135 e. The molecule has 0 fully saturated rings. The number of hydrogen-bond donors (Lipinski definition) is 1. The van der Waals surface area contributed by atoms with Gasteiger partial charge >= 0.3 is 0 Å². The Morgan fingerprint density at radius 1 is 1.36 bits per heavy atom. The first kappa shape index (κ1) is 8.34. The van der Waals surface area contributed by atoms with Gasteiger partial charge in [-0.15, -0.1) is 0 Å². The van der Waals surface area contributed by atoms with Gasteiger partial charge < -0.3 is 9.52 Å². The Morgan fingerprint density at radius 3 is 2.36 bits per heavy atom. The zero-order valence-corrected chi connectivity index (χ0v) is 7.16. The summed E-state index contributed by atoms with van der Waals surface area (Å²) in [4.78, 5) is 0. The van der Waals surface area contributed by atoms with Crippen LogP contribution in [0.3, 0.4) is 0 Å². The second kappa shape index (κ2) is 3.09. The van der Waals surface area contributed by atoms with E-state index < -0.39 is 6.10 Å². The Hall–Kier alpha value is -0.760. The predicted octanol–water partition coefficient (Wildman–Crippen LogP) is 2.46. The van der Waals surface area contributed by atoms with Crippen LogP contribution in [-0.4, -0.2) is 5.11 Å². The van der Waals surface area contributed by atoms with E-state index in [1.54, 1.807) is 13.2 Å². The summed E-state index contributed by atoms with van der Waals surface area (Å²) in [6.45, 7) is 5.87. The molecule has 0 aromatic carbocycles. The molecule has 0 aliphatic rings. The van der Waals surface area contributed by atoms with Gasteiger partial charge in [0.2, 0.25) is 0 Å². The van der Waals surface area contributed by atoms with E-state index in [-0.39, 0.29) is 0 Å². The Bertz CT molecular complexity index is 201. The molecule has 2 nitrogen and oxygen atoms in total. The molecule has 1 heterocycles. The second-order valence-corrected chi connectivity index (χ2v) is 3.07. The number of furan rings is 1. The summed E-state index contributed by atoms with van der Waals surface area (Å²) >= 11 is 0. The maximum Gasteiger partial charge on any atom is 0.135 e. The third-order valence-electron chi connectivity index (χ3n) is 1.73. The number of aliphatic hydroxyl groups is 1. The fourth-order valence-electron chi connectivity index (χ4n) is 1.15. The minimum Gasteiger partial charge on any atom is -0.466 e. The zero-order valence-electron chi connectivity index (χ0n) is 7.16. The minimum absolute atomic E-state index is 0.415. The van der Waals surface area contributed by atoms with Crippen LogP contribution in [0.15, 0.2) is 16.7 Å². The zero-order chi connectivity index (χ0) is 8.43. The average Bonchev–Trinajstić information content (AvgIpc) is 2.32. The van der Waals surface area contributed by atoms with Crippen LogP contribution in [0.4, 0.5) is 0 Å². The minimum atomic E-state index is -0.498. The Labute approximate surface area is 66.8 Å². The molecule has 1 aromatic heterocycles. The number of rotatable bonds is 2. The van der Waals surface area contributed by atoms with E-state index in [9.17, 15) is 5.11 Å². The molecule has 1 aromatic rings. The van der Waals surface area contributed by atoms with E-state index in [1.165, 1.54) is 0 Å². The van der Waals surface area contributed by atoms with E-state index in [0.717, 1.165) is 5.56 Å². The van der Waals surface area contributed by atoms with Crippen LogP contribution < -0.4 is 0 Å². The first-order valence-electron chi connectivity index (χ1n) is 3.88. The van der Waals surface area contributed by atoms with Gasteiger partial charge in [0.25, 0.3) is 0 Å². The van der Waals surface area contributed by atoms with Gasteiger partial charge in [0.05, 0.1) is 6.26 Å². The quantitative estimate of drug-likeness (QED) is 0.709. The fraction of sp³-hybridized carbons (Fsp3) is 0.556. The number of hydrogen-bond acceptors (Lipinski definition) is 2. The summed E-state index contributed by atoms with van der Waals surface area (Å²) in [7, 11) is 0. The van der Waals surface area contributed by atoms with Crippen LogP contribution in [0, 0.1) is 0 Å². The summed E-state index contributed by atoms with van der Waals surface area (Å²) in [5.74, 6) is 1.11. The van der Waals surface area contributed by atoms with Crippen LogP contribution in [0.5, 0.6) is 0 Å². The highest BCUT2D eigenvalue weighted by molar-refractivity contribution is 5.22. The van der Waals surface area contributed by atoms with E-state index in [4.69, 9.17) is 4.42 Å². The third-order valence-corrected chi connectivity index (χ3v) is 1.73. The van der Waals surface area contributed by atoms with Crippen molar-refractivity contribution in [2.75, 3.05) is 0 Å². The van der Waals surface area contributed by atoms with Crippen molar-refractivity contribution < 1.29 is 9.52 Å². The molecule has 1 atom stereocenters. The largest absolute Gasteiger partial charge is 0.466 e. The maximum atomic E-state index is 9.25. The van der Waals surface area contributed by atoms with Crippen molar-refractivity contribution in [2.45, 2.75) is 32.8 Å². The van der Waals surface area contributed by atoms with Crippen molar-refractivity contribution in [1.29, 1.82) is 0 Å². The molecule has 0 amide bonds. The fourth-order valence-corrected chi connectivity index (χ4v) is 1.15. The van der Waals surface area contributed by atoms with Gasteiger partial charge in [-0.2, -0.15) is 0 Å². The van der Waals surface area contributed by atoms with Crippen LogP contribution in [0.1, 0.15) is 44.1 Å². The number of aliphatic hydroxyl groups excluding tert-OH is 1. The van der Waals surface area contributed by atoms with E-state index >= 15 is 0 Å². The van der Waals surface area contributed by atoms with Gasteiger partial charge in [-0.05, 0) is 24.5 Å². The third kappa shape index (κ3) is 1.63. The summed E-state index contributed by atoms with van der Waals surface area (Å²) in [5.41, 5.74) is 1.10. The molecule has 0 aliphatic heterocycles. The van der Waals surface area contributed by atoms with Gasteiger partial charge in [-0.1, -0.05) is 13.8 Å². The second-order valence-electron chi connectivity index (χ2n) is 3.07. The van der Waals surface area contributed by atoms with Crippen molar-refractivity contribution in [3.8, 4) is 0 Å². The first-order valence-corrected chi connectivity index (χ1v) is 3.88. The lowest BCUT2D eigenvalue weighted by atomic mass is 10.0. The Morgan fingerprint density at radius 2 is 2.00 bits per heavy atom. The lowest BCUT2D eigenvalue weighted by Gasteiger charge is -2.06. The molecule has 11 heavy (non-hydrogen) atoms. The molecule has 0 saturated heterocycles. The Balaban J connectivity index is 2.96. The first-order chi connectivity index (χ1) is 5.13. The van der Waals surface area contributed by atoms with Crippen LogP contribution >= 0.6 is 0 Å². The highest BCUT2D eigenvalue weighted by atomic mass is 16.4. The monoisotopic (exact) mass is 154 g/mol. The normalized spacial score (nSPS) is 13.9. The van der Waals surface area contributed by atoms with Gasteiger partial charge in [-0.25, -0.2) is 0 Å². The van der Waals surface area contributed by atoms with Crippen LogP contribution in [0.25, 0.3) is 0 Å². The van der Waals surface area contributed by atoms with E-state index in [0.29, 0.717) is 11.7 Å². The van der Waals surface area contributed by atoms with Gasteiger partial charge in [-0.3, -0.25) is 0 Å². The molecular weight excluding hydrogens is 140 g/mol. The summed E-state index contributed by atoms with van der Waals surface area (Å²) in [6, 6.07) is 1.91. The standard InChI is InChI=1S/C9H14O2/c1-6(2)8-4-5-11-9(8)7(3)10/h4-7,10H,1-3H3. The molecule has 0 aliphatic carbocycles. The molecular formula is C9H14O2. The van der Waals surface area contributed by atoms with E-state index in [2.05, 4.69) is 13.8 Å². The molecule has 2 heteroatoms. The summed E-state index contributed by atoms with van der Waals surface area (Å²) in [5, 5.41) is 9.25. The lowest BCUT2D eigenvalue weighted by molar-refractivity contribution is 0.167. The van der Waals surface area contributed by atoms with Crippen molar-refractivity contribution >= 4 is 0 Å². The lowest BCUT2D eigenvalue weighted by Crippen LogP contribution is -1.95. The molecule has 0 saturated carbocycles. The van der Waals surface area contributed by atoms with E-state index in [1.807, 2.05) is 6.07 Å². The van der Waals surface area contributed by atoms with Crippen LogP contribution in [0.2, 0.25) is 0 Å². The van der Waals surface area contributed by atoms with Crippen molar-refractivity contribution in [2.24, 2.45) is 0 Å². The SMILES string of the molecule is CC(C)c1ccoc1C(C)O. The molecule has 0 bridgehead atoms. The van der Waals surface area contributed by atoms with Crippen molar-refractivity contribution in [3.63, 3.8) is 0 Å². The molecule has 1 N–H and O–H groups in total. The summed E-state index contributed by atoms with van der Waals surface area (Å²) < 4.78 is 5.14. The van der Waals surface area contributed by atoms with Crippen LogP contribution in [-0.2, 0) is 0 Å². The summed E-state index contributed by atoms with van der Waals surface area (Å²) in [6.07, 6.45) is 1.12. The van der Waals surface area contributed by atoms with Gasteiger partial charge in [0.15, 0.2) is 0 Å². The highest BCUT2D eigenvalue weighted by Gasteiger charge is 2.13. The highest BCUT2D eigenvalue weighted by Crippen LogP contribution is 2.25. The molecule has 62 valence electrons. The Kier molecular flexibility index (Phi) is 2.35. The van der Waals surface area contributed by atoms with Gasteiger partial charge in [0.1, 0.15) is 11.9 Å². The average molecular weight is 154 g/mol. The van der Waals surface area contributed by atoms with Crippen molar-refractivity contribution in [1.82, 2.24) is 0 Å². The maximum absolute atomic E-state index is 9.25. The molecule has 1 rings (SSSR count). The van der Waals surface area contributed by atoms with Gasteiger partial charge in [0, 0.05) is 0 Å². The molecule has 0 spiro atoms. The molecule has 0 radical (unpaired) electrons. The topological polar surface area (TPSA) is 33.4 Å².